The standard InChI is InChI=1S/C19H19ClF2N6O3S2/c1-2-23-5-6-24-15-7-11(20)3-4-12(15)18(29)27-16-8-14(22)17(9-13(16)21)28(33(30)31)19-25-10-26-32-19/h3-4,7-10,23-24,33H,2,5-6H2,1H3,(H,27,29). The number of anilines is 4. The first-order valence-corrected chi connectivity index (χ1v) is 11.9. The molecule has 3 N–H and O–H groups in total. The second kappa shape index (κ2) is 11.3. The molecule has 0 bridgehead atoms. The molecular weight excluding hydrogens is 498 g/mol. The summed E-state index contributed by atoms with van der Waals surface area (Å²) < 4.78 is 56.9. The van der Waals surface area contributed by atoms with Gasteiger partial charge in [0.05, 0.1) is 16.9 Å². The zero-order chi connectivity index (χ0) is 24.0. The van der Waals surface area contributed by atoms with Crippen molar-refractivity contribution in [2.45, 2.75) is 6.92 Å². The van der Waals surface area contributed by atoms with Gasteiger partial charge < -0.3 is 16.0 Å². The Bertz CT molecular complexity index is 1200. The summed E-state index contributed by atoms with van der Waals surface area (Å²) in [4.78, 5) is 16.5. The van der Waals surface area contributed by atoms with E-state index in [0.29, 0.717) is 51.8 Å². The van der Waals surface area contributed by atoms with E-state index in [4.69, 9.17) is 11.6 Å². The molecule has 14 heteroatoms. The molecule has 3 rings (SSSR count). The maximum Gasteiger partial charge on any atom is 0.257 e. The third-order valence-electron chi connectivity index (χ3n) is 4.30. The van der Waals surface area contributed by atoms with Gasteiger partial charge in [0.2, 0.25) is 16.0 Å². The predicted molar refractivity (Wildman–Crippen MR) is 125 cm³/mol. The maximum absolute atomic E-state index is 14.7. The molecule has 1 aromatic heterocycles. The third kappa shape index (κ3) is 6.13. The van der Waals surface area contributed by atoms with Crippen LogP contribution in [0, 0.1) is 11.6 Å². The minimum atomic E-state index is -3.38. The first kappa shape index (κ1) is 24.8. The highest BCUT2D eigenvalue weighted by molar-refractivity contribution is 7.74. The number of hydrogen-bond donors (Lipinski definition) is 4. The number of hydrogen-bond acceptors (Lipinski definition) is 8. The van der Waals surface area contributed by atoms with E-state index in [1.165, 1.54) is 12.1 Å². The maximum atomic E-state index is 14.7. The smallest absolute Gasteiger partial charge is 0.257 e. The van der Waals surface area contributed by atoms with Crippen molar-refractivity contribution < 1.29 is 22.0 Å². The number of thiol groups is 1. The summed E-state index contributed by atoms with van der Waals surface area (Å²) in [6, 6.07) is 5.86. The number of carbonyl (C=O) groups excluding carboxylic acids is 1. The second-order valence-electron chi connectivity index (χ2n) is 6.48. The van der Waals surface area contributed by atoms with Gasteiger partial charge in [-0.25, -0.2) is 26.5 Å². The lowest BCUT2D eigenvalue weighted by Crippen LogP contribution is -2.23. The Kier molecular flexibility index (Phi) is 8.49. The van der Waals surface area contributed by atoms with Crippen molar-refractivity contribution in [1.82, 2.24) is 14.7 Å². The molecule has 0 aliphatic carbocycles. The Morgan fingerprint density at radius 3 is 2.61 bits per heavy atom. The summed E-state index contributed by atoms with van der Waals surface area (Å²) in [6.07, 6.45) is 1.09. The van der Waals surface area contributed by atoms with E-state index in [9.17, 15) is 22.0 Å². The third-order valence-corrected chi connectivity index (χ3v) is 6.05. The summed E-state index contributed by atoms with van der Waals surface area (Å²) in [7, 11) is -3.38. The lowest BCUT2D eigenvalue weighted by atomic mass is 10.1. The minimum Gasteiger partial charge on any atom is -0.383 e. The highest BCUT2D eigenvalue weighted by Gasteiger charge is 2.23. The van der Waals surface area contributed by atoms with Crippen molar-refractivity contribution in [2.24, 2.45) is 0 Å². The molecule has 0 unspecified atom stereocenters. The van der Waals surface area contributed by atoms with Crippen LogP contribution in [0.1, 0.15) is 17.3 Å². The Labute approximate surface area is 199 Å². The molecule has 0 aliphatic rings. The summed E-state index contributed by atoms with van der Waals surface area (Å²) in [5.74, 6) is -2.83. The van der Waals surface area contributed by atoms with Crippen LogP contribution in [-0.2, 0) is 10.9 Å². The number of nitrogens with zero attached hydrogens (tertiary/aromatic N) is 3. The molecule has 2 aromatic carbocycles. The van der Waals surface area contributed by atoms with Crippen LogP contribution in [0.3, 0.4) is 0 Å². The molecule has 176 valence electrons. The van der Waals surface area contributed by atoms with Crippen LogP contribution < -0.4 is 20.3 Å². The van der Waals surface area contributed by atoms with Gasteiger partial charge in [-0.05, 0) is 24.7 Å². The molecule has 0 saturated carbocycles. The molecule has 33 heavy (non-hydrogen) atoms. The fourth-order valence-electron chi connectivity index (χ4n) is 2.83. The number of amides is 1. The fourth-order valence-corrected chi connectivity index (χ4v) is 4.29. The zero-order valence-corrected chi connectivity index (χ0v) is 19.6. The van der Waals surface area contributed by atoms with Crippen LogP contribution in [0.5, 0.6) is 0 Å². The quantitative estimate of drug-likeness (QED) is 0.241. The van der Waals surface area contributed by atoms with Gasteiger partial charge in [0, 0.05) is 47.5 Å². The minimum absolute atomic E-state index is 0.157. The zero-order valence-electron chi connectivity index (χ0n) is 17.1. The van der Waals surface area contributed by atoms with Gasteiger partial charge in [0.15, 0.2) is 0 Å². The largest absolute Gasteiger partial charge is 0.383 e. The van der Waals surface area contributed by atoms with Gasteiger partial charge in [0.25, 0.3) is 5.91 Å². The van der Waals surface area contributed by atoms with Crippen LogP contribution in [0.15, 0.2) is 36.7 Å². The van der Waals surface area contributed by atoms with Crippen molar-refractivity contribution in [1.29, 1.82) is 0 Å². The number of likely N-dealkylation sites (N-methyl/N-ethyl adjacent to an activating group) is 1. The topological polar surface area (TPSA) is 116 Å². The first-order chi connectivity index (χ1) is 15.8. The lowest BCUT2D eigenvalue weighted by molar-refractivity contribution is 0.102. The Morgan fingerprint density at radius 1 is 1.15 bits per heavy atom. The summed E-state index contributed by atoms with van der Waals surface area (Å²) in [5, 5.41) is 8.74. The van der Waals surface area contributed by atoms with Gasteiger partial charge in [-0.15, -0.1) is 0 Å². The molecular formula is C19H19ClF2N6O3S2. The fraction of sp³-hybridized carbons (Fsp3) is 0.211. The number of nitrogens with one attached hydrogen (secondary N) is 3. The van der Waals surface area contributed by atoms with E-state index in [-0.39, 0.29) is 10.7 Å². The normalized spacial score (nSPS) is 10.9. The van der Waals surface area contributed by atoms with Crippen molar-refractivity contribution in [3.8, 4) is 0 Å². The van der Waals surface area contributed by atoms with Crippen molar-refractivity contribution in [3.05, 3.63) is 58.9 Å². The summed E-state index contributed by atoms with van der Waals surface area (Å²) >= 11 is 6.72. The van der Waals surface area contributed by atoms with Crippen LogP contribution in [0.4, 0.5) is 31.0 Å². The average Bonchev–Trinajstić information content (AvgIpc) is 3.28. The lowest BCUT2D eigenvalue weighted by Gasteiger charge is -2.17. The predicted octanol–water partition coefficient (Wildman–Crippen LogP) is 3.41. The van der Waals surface area contributed by atoms with Gasteiger partial charge in [-0.3, -0.25) is 4.79 Å². The summed E-state index contributed by atoms with van der Waals surface area (Å²) in [6.45, 7) is 3.88. The SMILES string of the molecule is CCNCCNc1cc(Cl)ccc1C(=O)Nc1cc(F)c(N(c2ncns2)[SH](=O)=O)cc1F. The van der Waals surface area contributed by atoms with E-state index in [1.54, 1.807) is 6.07 Å². The van der Waals surface area contributed by atoms with Gasteiger partial charge in [-0.2, -0.15) is 4.37 Å². The van der Waals surface area contributed by atoms with Gasteiger partial charge >= 0.3 is 0 Å². The molecule has 0 spiro atoms. The average molecular weight is 517 g/mol. The van der Waals surface area contributed by atoms with Crippen LogP contribution in [0.25, 0.3) is 0 Å². The number of aromatic nitrogens is 2. The van der Waals surface area contributed by atoms with E-state index in [0.717, 1.165) is 12.9 Å². The van der Waals surface area contributed by atoms with E-state index in [2.05, 4.69) is 25.3 Å². The highest BCUT2D eigenvalue weighted by atomic mass is 35.5. The molecule has 1 amide bonds. The van der Waals surface area contributed by atoms with Crippen LogP contribution in [0.2, 0.25) is 5.02 Å². The highest BCUT2D eigenvalue weighted by Crippen LogP contribution is 2.32. The van der Waals surface area contributed by atoms with Crippen LogP contribution >= 0.6 is 23.1 Å². The Balaban J connectivity index is 1.86. The number of carbonyl (C=O) groups is 1. The Hall–Kier alpha value is -2.87. The number of halogens is 3. The molecule has 0 radical (unpaired) electrons. The first-order valence-electron chi connectivity index (χ1n) is 9.57. The second-order valence-corrected chi connectivity index (χ2v) is 8.55. The van der Waals surface area contributed by atoms with E-state index < -0.39 is 39.8 Å². The molecule has 0 aliphatic heterocycles. The van der Waals surface area contributed by atoms with E-state index >= 15 is 0 Å². The van der Waals surface area contributed by atoms with Crippen LogP contribution in [-0.4, -0.2) is 43.3 Å². The molecule has 0 saturated heterocycles. The van der Waals surface area contributed by atoms with Gasteiger partial charge in [-0.1, -0.05) is 18.5 Å². The van der Waals surface area contributed by atoms with Crippen molar-refractivity contribution >= 4 is 62.1 Å². The molecule has 1 heterocycles. The number of benzene rings is 2. The molecule has 3 aromatic rings. The van der Waals surface area contributed by atoms with Crippen molar-refractivity contribution in [3.63, 3.8) is 0 Å². The molecule has 9 nitrogen and oxygen atoms in total. The summed E-state index contributed by atoms with van der Waals surface area (Å²) in [5.41, 5.74) is -0.470. The van der Waals surface area contributed by atoms with E-state index in [1.807, 2.05) is 6.92 Å². The molecule has 0 fully saturated rings. The van der Waals surface area contributed by atoms with Crippen molar-refractivity contribution in [2.75, 3.05) is 34.6 Å². The molecule has 0 atom stereocenters. The Morgan fingerprint density at radius 2 is 1.94 bits per heavy atom. The monoisotopic (exact) mass is 516 g/mol. The number of rotatable bonds is 10. The van der Waals surface area contributed by atoms with Gasteiger partial charge in [0.1, 0.15) is 18.0 Å².